The third-order valence-corrected chi connectivity index (χ3v) is 6.07. The van der Waals surface area contributed by atoms with Crippen LogP contribution in [0.25, 0.3) is 16.9 Å². The van der Waals surface area contributed by atoms with Gasteiger partial charge < -0.3 is 15.0 Å². The third kappa shape index (κ3) is 4.60. The van der Waals surface area contributed by atoms with Crippen LogP contribution in [0.1, 0.15) is 24.8 Å². The highest BCUT2D eigenvalue weighted by Crippen LogP contribution is 2.25. The molecule has 0 saturated carbocycles. The Balaban J connectivity index is 1.28. The molecule has 0 spiro atoms. The number of rotatable bonds is 8. The molecular formula is C26H29N5O. The van der Waals surface area contributed by atoms with Crippen molar-refractivity contribution in [2.45, 2.75) is 25.7 Å². The van der Waals surface area contributed by atoms with Gasteiger partial charge >= 0.3 is 0 Å². The molecule has 32 heavy (non-hydrogen) atoms. The summed E-state index contributed by atoms with van der Waals surface area (Å²) in [7, 11) is 1.68. The average molecular weight is 428 g/mol. The fraction of sp³-hybridized carbons (Fsp3) is 0.308. The Kier molecular flexibility index (Phi) is 6.03. The van der Waals surface area contributed by atoms with Gasteiger partial charge in [-0.25, -0.2) is 4.52 Å². The van der Waals surface area contributed by atoms with Gasteiger partial charge in [-0.05, 0) is 87.3 Å². The topological polar surface area (TPSA) is 54.7 Å². The highest BCUT2D eigenvalue weighted by molar-refractivity contribution is 5.66. The summed E-state index contributed by atoms with van der Waals surface area (Å²) in [6.07, 6.45) is 5.05. The molecule has 0 amide bonds. The van der Waals surface area contributed by atoms with Gasteiger partial charge in [0.2, 0.25) is 5.95 Å². The van der Waals surface area contributed by atoms with Crippen LogP contribution in [0.5, 0.6) is 5.75 Å². The molecule has 0 radical (unpaired) electrons. The van der Waals surface area contributed by atoms with Crippen LogP contribution in [0.15, 0.2) is 66.7 Å². The molecule has 2 aromatic heterocycles. The second-order valence-corrected chi connectivity index (χ2v) is 8.32. The number of likely N-dealkylation sites (tertiary alicyclic amines) is 1. The highest BCUT2D eigenvalue weighted by atomic mass is 16.5. The molecule has 5 rings (SSSR count). The summed E-state index contributed by atoms with van der Waals surface area (Å²) in [5.74, 6) is 1.40. The molecule has 0 bridgehead atoms. The van der Waals surface area contributed by atoms with Crippen molar-refractivity contribution in [3.63, 3.8) is 0 Å². The van der Waals surface area contributed by atoms with Crippen LogP contribution in [0.4, 0.5) is 11.6 Å². The molecule has 1 aliphatic rings. The molecule has 1 fully saturated rings. The zero-order chi connectivity index (χ0) is 21.8. The van der Waals surface area contributed by atoms with Gasteiger partial charge in [-0.15, -0.1) is 5.10 Å². The maximum Gasteiger partial charge on any atom is 0.247 e. The van der Waals surface area contributed by atoms with E-state index in [2.05, 4.69) is 45.5 Å². The lowest BCUT2D eigenvalue weighted by Gasteiger charge is -2.14. The van der Waals surface area contributed by atoms with Crippen LogP contribution >= 0.6 is 0 Å². The number of benzene rings is 2. The average Bonchev–Trinajstić information content (AvgIpc) is 3.49. The van der Waals surface area contributed by atoms with E-state index in [9.17, 15) is 0 Å². The van der Waals surface area contributed by atoms with Crippen LogP contribution in [-0.4, -0.2) is 46.2 Å². The Morgan fingerprint density at radius 1 is 0.969 bits per heavy atom. The first-order valence-corrected chi connectivity index (χ1v) is 11.4. The second kappa shape index (κ2) is 9.40. The van der Waals surface area contributed by atoms with Gasteiger partial charge in [0.1, 0.15) is 5.75 Å². The smallest absolute Gasteiger partial charge is 0.247 e. The molecule has 4 aromatic rings. The van der Waals surface area contributed by atoms with Gasteiger partial charge in [0, 0.05) is 11.3 Å². The van der Waals surface area contributed by atoms with Crippen molar-refractivity contribution in [2.75, 3.05) is 32.1 Å². The van der Waals surface area contributed by atoms with Gasteiger partial charge in [0.25, 0.3) is 0 Å². The summed E-state index contributed by atoms with van der Waals surface area (Å²) >= 11 is 0. The molecule has 1 aliphatic heterocycles. The number of aryl methyl sites for hydroxylation is 1. The van der Waals surface area contributed by atoms with Crippen LogP contribution < -0.4 is 10.1 Å². The first-order valence-electron chi connectivity index (χ1n) is 11.4. The number of pyridine rings is 1. The Hall–Kier alpha value is -3.38. The maximum absolute atomic E-state index is 5.37. The van der Waals surface area contributed by atoms with E-state index in [1.807, 2.05) is 40.9 Å². The molecule has 164 valence electrons. The second-order valence-electron chi connectivity index (χ2n) is 8.32. The summed E-state index contributed by atoms with van der Waals surface area (Å²) in [5.41, 5.74) is 5.16. The van der Waals surface area contributed by atoms with Crippen molar-refractivity contribution in [3.05, 3.63) is 72.3 Å². The van der Waals surface area contributed by atoms with Crippen molar-refractivity contribution in [1.29, 1.82) is 0 Å². The van der Waals surface area contributed by atoms with E-state index >= 15 is 0 Å². The number of ether oxygens (including phenoxy) is 1. The number of hydrogen-bond donors (Lipinski definition) is 1. The van der Waals surface area contributed by atoms with Crippen molar-refractivity contribution in [3.8, 4) is 17.0 Å². The monoisotopic (exact) mass is 427 g/mol. The molecule has 0 unspecified atom stereocenters. The Morgan fingerprint density at radius 2 is 1.78 bits per heavy atom. The van der Waals surface area contributed by atoms with E-state index < -0.39 is 0 Å². The first kappa shape index (κ1) is 20.5. The maximum atomic E-state index is 5.37. The predicted molar refractivity (Wildman–Crippen MR) is 129 cm³/mol. The van der Waals surface area contributed by atoms with Crippen LogP contribution in [0.2, 0.25) is 0 Å². The lowest BCUT2D eigenvalue weighted by atomic mass is 10.1. The zero-order valence-electron chi connectivity index (χ0n) is 18.5. The van der Waals surface area contributed by atoms with Crippen LogP contribution in [0.3, 0.4) is 0 Å². The minimum absolute atomic E-state index is 0.585. The molecular weight excluding hydrogens is 398 g/mol. The largest absolute Gasteiger partial charge is 0.497 e. The number of fused-ring (bicyclic) bond motifs is 1. The van der Waals surface area contributed by atoms with E-state index in [1.165, 1.54) is 44.5 Å². The summed E-state index contributed by atoms with van der Waals surface area (Å²) in [6, 6.07) is 22.6. The molecule has 0 atom stereocenters. The molecule has 1 N–H and O–H groups in total. The van der Waals surface area contributed by atoms with Crippen molar-refractivity contribution in [2.24, 2.45) is 0 Å². The van der Waals surface area contributed by atoms with Gasteiger partial charge in [-0.1, -0.05) is 30.3 Å². The van der Waals surface area contributed by atoms with Gasteiger partial charge in [-0.3, -0.25) is 0 Å². The fourth-order valence-electron chi connectivity index (χ4n) is 4.36. The quantitative estimate of drug-likeness (QED) is 0.420. The van der Waals surface area contributed by atoms with Crippen molar-refractivity contribution in [1.82, 2.24) is 19.5 Å². The molecule has 1 saturated heterocycles. The fourth-order valence-corrected chi connectivity index (χ4v) is 4.36. The summed E-state index contributed by atoms with van der Waals surface area (Å²) in [4.78, 5) is 7.23. The van der Waals surface area contributed by atoms with Crippen molar-refractivity contribution < 1.29 is 4.74 Å². The van der Waals surface area contributed by atoms with Gasteiger partial charge in [-0.2, -0.15) is 4.98 Å². The van der Waals surface area contributed by atoms with Crippen LogP contribution in [0, 0.1) is 0 Å². The number of methoxy groups -OCH3 is 1. The summed E-state index contributed by atoms with van der Waals surface area (Å²) in [6.45, 7) is 3.75. The van der Waals surface area contributed by atoms with Gasteiger partial charge in [0.05, 0.1) is 12.8 Å². The first-order chi connectivity index (χ1) is 15.8. The standard InChI is InChI=1S/C26H29N5O/c1-32-23-9-4-8-21(19-23)24-10-5-11-25-28-26(29-31(24)25)27-22-14-12-20(13-15-22)7-6-18-30-16-2-3-17-30/h4-5,8-15,19H,2-3,6-7,16-18H2,1H3,(H,27,29). The SMILES string of the molecule is COc1cccc(-c2cccc3nc(Nc4ccc(CCCN5CCCC5)cc4)nn23)c1. The minimum Gasteiger partial charge on any atom is -0.497 e. The summed E-state index contributed by atoms with van der Waals surface area (Å²) in [5, 5.41) is 8.05. The Labute approximate surface area is 188 Å². The van der Waals surface area contributed by atoms with E-state index in [4.69, 9.17) is 9.84 Å². The van der Waals surface area contributed by atoms with E-state index in [0.29, 0.717) is 5.95 Å². The van der Waals surface area contributed by atoms with Gasteiger partial charge in [0.15, 0.2) is 5.65 Å². The number of nitrogens with zero attached hydrogens (tertiary/aromatic N) is 4. The minimum atomic E-state index is 0.585. The highest BCUT2D eigenvalue weighted by Gasteiger charge is 2.11. The normalized spacial score (nSPS) is 14.2. The van der Waals surface area contributed by atoms with E-state index in [1.54, 1.807) is 7.11 Å². The molecule has 6 heteroatoms. The molecule has 0 aliphatic carbocycles. The lowest BCUT2D eigenvalue weighted by Crippen LogP contribution is -2.20. The predicted octanol–water partition coefficient (Wildman–Crippen LogP) is 5.18. The van der Waals surface area contributed by atoms with E-state index in [-0.39, 0.29) is 0 Å². The number of hydrogen-bond acceptors (Lipinski definition) is 5. The molecule has 2 aromatic carbocycles. The number of anilines is 2. The molecule has 3 heterocycles. The Bertz CT molecular complexity index is 1180. The summed E-state index contributed by atoms with van der Waals surface area (Å²) < 4.78 is 7.24. The third-order valence-electron chi connectivity index (χ3n) is 6.07. The molecule has 6 nitrogen and oxygen atoms in total. The lowest BCUT2D eigenvalue weighted by molar-refractivity contribution is 0.334. The van der Waals surface area contributed by atoms with Crippen LogP contribution in [-0.2, 0) is 6.42 Å². The Morgan fingerprint density at radius 3 is 2.59 bits per heavy atom. The number of aromatic nitrogens is 3. The van der Waals surface area contributed by atoms with E-state index in [0.717, 1.165) is 34.8 Å². The number of nitrogens with one attached hydrogen (secondary N) is 1. The zero-order valence-corrected chi connectivity index (χ0v) is 18.5. The van der Waals surface area contributed by atoms with Crippen molar-refractivity contribution >= 4 is 17.3 Å².